The van der Waals surface area contributed by atoms with E-state index in [1.165, 1.54) is 12.1 Å². The van der Waals surface area contributed by atoms with Crippen LogP contribution in [0.4, 0.5) is 10.1 Å². The summed E-state index contributed by atoms with van der Waals surface area (Å²) >= 11 is 5.35. The van der Waals surface area contributed by atoms with E-state index in [9.17, 15) is 4.39 Å². The van der Waals surface area contributed by atoms with E-state index in [1.807, 2.05) is 37.3 Å². The highest BCUT2D eigenvalue weighted by atomic mass is 32.1. The van der Waals surface area contributed by atoms with Crippen LogP contribution in [0, 0.1) is 5.82 Å². The lowest BCUT2D eigenvalue weighted by molar-refractivity contribution is 0.340. The van der Waals surface area contributed by atoms with Crippen molar-refractivity contribution in [3.8, 4) is 17.4 Å². The molecule has 3 rings (SSSR count). The summed E-state index contributed by atoms with van der Waals surface area (Å²) in [6.07, 6.45) is 1.62. The molecule has 5 nitrogen and oxygen atoms in total. The second kappa shape index (κ2) is 9.66. The molecule has 0 aliphatic heterocycles. The molecule has 144 valence electrons. The average Bonchev–Trinajstić information content (AvgIpc) is 2.69. The maximum absolute atomic E-state index is 13.4. The van der Waals surface area contributed by atoms with Gasteiger partial charge in [0, 0.05) is 30.1 Å². The highest BCUT2D eigenvalue weighted by Crippen LogP contribution is 2.23. The molecule has 3 aromatic rings. The van der Waals surface area contributed by atoms with Crippen LogP contribution in [0.5, 0.6) is 17.4 Å². The number of pyridine rings is 1. The third-order valence-electron chi connectivity index (χ3n) is 3.72. The first-order valence-electron chi connectivity index (χ1n) is 8.79. The highest BCUT2D eigenvalue weighted by Gasteiger charge is 2.08. The van der Waals surface area contributed by atoms with Crippen LogP contribution in [0.2, 0.25) is 0 Å². The van der Waals surface area contributed by atoms with Gasteiger partial charge >= 0.3 is 0 Å². The first-order valence-corrected chi connectivity index (χ1v) is 9.20. The third-order valence-corrected chi connectivity index (χ3v) is 3.97. The quantitative estimate of drug-likeness (QED) is 0.553. The standard InChI is InChI=1S/C21H20FN3O2S/c1-2-26-18-10-8-17(9-11-18)25-21(28)24-14-15-5-4-12-23-20(15)27-19-7-3-6-16(22)13-19/h3-13H,2,14H2,1H3,(H2,24,25,28). The van der Waals surface area contributed by atoms with Crippen LogP contribution in [-0.4, -0.2) is 16.7 Å². The maximum Gasteiger partial charge on any atom is 0.224 e. The van der Waals surface area contributed by atoms with Crippen molar-refractivity contribution < 1.29 is 13.9 Å². The van der Waals surface area contributed by atoms with E-state index in [-0.39, 0.29) is 5.82 Å². The normalized spacial score (nSPS) is 10.2. The lowest BCUT2D eigenvalue weighted by atomic mass is 10.2. The number of halogens is 1. The van der Waals surface area contributed by atoms with Crippen molar-refractivity contribution in [3.63, 3.8) is 0 Å². The Morgan fingerprint density at radius 1 is 1.07 bits per heavy atom. The molecule has 0 saturated carbocycles. The van der Waals surface area contributed by atoms with Crippen molar-refractivity contribution in [1.29, 1.82) is 0 Å². The van der Waals surface area contributed by atoms with Crippen molar-refractivity contribution in [2.75, 3.05) is 11.9 Å². The topological polar surface area (TPSA) is 55.4 Å². The molecule has 2 N–H and O–H groups in total. The van der Waals surface area contributed by atoms with Gasteiger partial charge < -0.3 is 20.1 Å². The first-order chi connectivity index (χ1) is 13.6. The minimum absolute atomic E-state index is 0.367. The molecule has 28 heavy (non-hydrogen) atoms. The Kier molecular flexibility index (Phi) is 6.75. The van der Waals surface area contributed by atoms with Gasteiger partial charge in [-0.1, -0.05) is 12.1 Å². The Morgan fingerprint density at radius 2 is 1.89 bits per heavy atom. The Hall–Kier alpha value is -3.19. The van der Waals surface area contributed by atoms with Crippen LogP contribution >= 0.6 is 12.2 Å². The second-order valence-electron chi connectivity index (χ2n) is 5.79. The summed E-state index contributed by atoms with van der Waals surface area (Å²) < 4.78 is 24.5. The number of benzene rings is 2. The lowest BCUT2D eigenvalue weighted by Crippen LogP contribution is -2.28. The molecule has 0 fully saturated rings. The summed E-state index contributed by atoms with van der Waals surface area (Å²) in [5.74, 6) is 1.22. The SMILES string of the molecule is CCOc1ccc(NC(=S)NCc2cccnc2Oc2cccc(F)c2)cc1. The second-order valence-corrected chi connectivity index (χ2v) is 6.20. The van der Waals surface area contributed by atoms with E-state index in [2.05, 4.69) is 15.6 Å². The minimum atomic E-state index is -0.367. The van der Waals surface area contributed by atoms with Gasteiger partial charge in [-0.2, -0.15) is 0 Å². The minimum Gasteiger partial charge on any atom is -0.494 e. The van der Waals surface area contributed by atoms with Crippen LogP contribution in [0.3, 0.4) is 0 Å². The maximum atomic E-state index is 13.4. The molecule has 2 aromatic carbocycles. The van der Waals surface area contributed by atoms with Gasteiger partial charge in [-0.25, -0.2) is 9.37 Å². The number of ether oxygens (including phenoxy) is 2. The molecular weight excluding hydrogens is 377 g/mol. The Morgan fingerprint density at radius 3 is 2.64 bits per heavy atom. The van der Waals surface area contributed by atoms with E-state index in [4.69, 9.17) is 21.7 Å². The molecule has 0 radical (unpaired) electrons. The number of thiocarbonyl (C=S) groups is 1. The molecule has 1 heterocycles. The molecule has 0 aliphatic rings. The van der Waals surface area contributed by atoms with Crippen LogP contribution in [0.1, 0.15) is 12.5 Å². The Labute approximate surface area is 168 Å². The van der Waals surface area contributed by atoms with Crippen molar-refractivity contribution in [2.24, 2.45) is 0 Å². The average molecular weight is 397 g/mol. The number of nitrogens with one attached hydrogen (secondary N) is 2. The molecule has 0 atom stereocenters. The predicted molar refractivity (Wildman–Crippen MR) is 111 cm³/mol. The molecule has 0 amide bonds. The van der Waals surface area contributed by atoms with Crippen molar-refractivity contribution >= 4 is 23.0 Å². The number of hydrogen-bond donors (Lipinski definition) is 2. The molecule has 0 unspecified atom stereocenters. The molecule has 0 bridgehead atoms. The van der Waals surface area contributed by atoms with E-state index in [1.54, 1.807) is 24.4 Å². The summed E-state index contributed by atoms with van der Waals surface area (Å²) in [6, 6.07) is 17.1. The van der Waals surface area contributed by atoms with Gasteiger partial charge in [0.25, 0.3) is 0 Å². The predicted octanol–water partition coefficient (Wildman–Crippen LogP) is 4.90. The summed E-state index contributed by atoms with van der Waals surface area (Å²) in [6.45, 7) is 2.97. The van der Waals surface area contributed by atoms with Crippen LogP contribution in [-0.2, 0) is 6.54 Å². The first kappa shape index (κ1) is 19.6. The van der Waals surface area contributed by atoms with Gasteiger partial charge in [0.2, 0.25) is 5.88 Å². The van der Waals surface area contributed by atoms with Gasteiger partial charge in [0.05, 0.1) is 6.61 Å². The number of rotatable bonds is 7. The molecule has 0 aliphatic carbocycles. The van der Waals surface area contributed by atoms with E-state index in [0.717, 1.165) is 17.0 Å². The smallest absolute Gasteiger partial charge is 0.224 e. The van der Waals surface area contributed by atoms with Crippen molar-refractivity contribution in [2.45, 2.75) is 13.5 Å². The van der Waals surface area contributed by atoms with E-state index in [0.29, 0.717) is 29.9 Å². The number of hydrogen-bond acceptors (Lipinski definition) is 4. The molecule has 7 heteroatoms. The fourth-order valence-electron chi connectivity index (χ4n) is 2.44. The Balaban J connectivity index is 1.59. The molecule has 1 aromatic heterocycles. The highest BCUT2D eigenvalue weighted by molar-refractivity contribution is 7.80. The van der Waals surface area contributed by atoms with E-state index >= 15 is 0 Å². The molecular formula is C21H20FN3O2S. The van der Waals surface area contributed by atoms with Crippen molar-refractivity contribution in [1.82, 2.24) is 10.3 Å². The number of anilines is 1. The zero-order chi connectivity index (χ0) is 19.8. The summed E-state index contributed by atoms with van der Waals surface area (Å²) in [5, 5.41) is 6.69. The Bertz CT molecular complexity index is 935. The van der Waals surface area contributed by atoms with Gasteiger partial charge in [0.15, 0.2) is 5.11 Å². The fraction of sp³-hybridized carbons (Fsp3) is 0.143. The van der Waals surface area contributed by atoms with Gasteiger partial charge in [-0.3, -0.25) is 0 Å². The molecule has 0 spiro atoms. The zero-order valence-electron chi connectivity index (χ0n) is 15.3. The lowest BCUT2D eigenvalue weighted by Gasteiger charge is -2.13. The van der Waals surface area contributed by atoms with Crippen LogP contribution in [0.25, 0.3) is 0 Å². The van der Waals surface area contributed by atoms with Crippen molar-refractivity contribution in [3.05, 3.63) is 78.2 Å². The van der Waals surface area contributed by atoms with Gasteiger partial charge in [0.1, 0.15) is 17.3 Å². The van der Waals surface area contributed by atoms with Crippen LogP contribution < -0.4 is 20.1 Å². The van der Waals surface area contributed by atoms with Gasteiger partial charge in [-0.15, -0.1) is 0 Å². The van der Waals surface area contributed by atoms with E-state index < -0.39 is 0 Å². The summed E-state index contributed by atoms with van der Waals surface area (Å²) in [5.41, 5.74) is 1.64. The third kappa shape index (κ3) is 5.65. The van der Waals surface area contributed by atoms with Crippen LogP contribution in [0.15, 0.2) is 66.9 Å². The summed E-state index contributed by atoms with van der Waals surface area (Å²) in [4.78, 5) is 4.23. The molecule has 0 saturated heterocycles. The number of aromatic nitrogens is 1. The fourth-order valence-corrected chi connectivity index (χ4v) is 2.63. The zero-order valence-corrected chi connectivity index (χ0v) is 16.1. The van der Waals surface area contributed by atoms with Gasteiger partial charge in [-0.05, 0) is 61.6 Å². The summed E-state index contributed by atoms with van der Waals surface area (Å²) in [7, 11) is 0. The monoisotopic (exact) mass is 397 g/mol. The number of nitrogens with zero attached hydrogens (tertiary/aromatic N) is 1. The largest absolute Gasteiger partial charge is 0.494 e.